The highest BCUT2D eigenvalue weighted by Gasteiger charge is 2.13. The standard InChI is InChI=1S/C24H29NS/c1-5-6-7-8-11-18-25(23-13-10-9-12-20(23)2)22-16-14-21(15-17-22)19-24(3,4)26/h5-18,26H,19H2,1-4H3/b6-5-,8-7-,18-11+. The van der Waals surface area contributed by atoms with Gasteiger partial charge in [0.25, 0.3) is 0 Å². The summed E-state index contributed by atoms with van der Waals surface area (Å²) in [5.41, 5.74) is 4.88. The van der Waals surface area contributed by atoms with Crippen molar-refractivity contribution in [1.82, 2.24) is 0 Å². The van der Waals surface area contributed by atoms with Crippen molar-refractivity contribution in [2.45, 2.75) is 38.9 Å². The minimum Gasteiger partial charge on any atom is -0.317 e. The first-order valence-corrected chi connectivity index (χ1v) is 9.48. The summed E-state index contributed by atoms with van der Waals surface area (Å²) in [6, 6.07) is 17.2. The Morgan fingerprint density at radius 3 is 2.19 bits per heavy atom. The van der Waals surface area contributed by atoms with E-state index in [0.717, 1.165) is 12.1 Å². The van der Waals surface area contributed by atoms with Crippen molar-refractivity contribution in [3.63, 3.8) is 0 Å². The molecule has 2 aromatic rings. The van der Waals surface area contributed by atoms with Crippen LogP contribution < -0.4 is 4.90 Å². The van der Waals surface area contributed by atoms with E-state index in [1.807, 2.05) is 31.2 Å². The second kappa shape index (κ2) is 9.49. The van der Waals surface area contributed by atoms with Crippen molar-refractivity contribution >= 4 is 24.0 Å². The molecule has 0 fully saturated rings. The van der Waals surface area contributed by atoms with Gasteiger partial charge in [-0.3, -0.25) is 0 Å². The Kier molecular flexibility index (Phi) is 7.35. The molecule has 0 aliphatic heterocycles. The van der Waals surface area contributed by atoms with Gasteiger partial charge in [0.15, 0.2) is 0 Å². The smallest absolute Gasteiger partial charge is 0.0484 e. The van der Waals surface area contributed by atoms with Crippen LogP contribution in [-0.2, 0) is 6.42 Å². The zero-order valence-corrected chi connectivity index (χ0v) is 17.1. The van der Waals surface area contributed by atoms with E-state index in [2.05, 4.69) is 99.1 Å². The highest BCUT2D eigenvalue weighted by Crippen LogP contribution is 2.30. The molecule has 0 unspecified atom stereocenters. The van der Waals surface area contributed by atoms with E-state index >= 15 is 0 Å². The average molecular weight is 364 g/mol. The Morgan fingerprint density at radius 2 is 1.58 bits per heavy atom. The molecule has 0 spiro atoms. The Hall–Kier alpha value is -2.19. The number of rotatable bonds is 7. The first-order valence-electron chi connectivity index (χ1n) is 9.03. The van der Waals surface area contributed by atoms with Gasteiger partial charge in [-0.15, -0.1) is 0 Å². The second-order valence-corrected chi connectivity index (χ2v) is 8.28. The highest BCUT2D eigenvalue weighted by atomic mass is 32.1. The third kappa shape index (κ3) is 6.27. The summed E-state index contributed by atoms with van der Waals surface area (Å²) in [5, 5.41) is 0. The SMILES string of the molecule is C\C=C/C=C\C=C\N(c1ccc(CC(C)(C)S)cc1)c1ccccc1C. The Bertz CT molecular complexity index is 777. The lowest BCUT2D eigenvalue weighted by Gasteiger charge is -2.23. The van der Waals surface area contributed by atoms with E-state index in [1.54, 1.807) is 0 Å². The molecule has 26 heavy (non-hydrogen) atoms. The lowest BCUT2D eigenvalue weighted by atomic mass is 10.0. The first-order chi connectivity index (χ1) is 12.4. The third-order valence-corrected chi connectivity index (χ3v) is 4.15. The monoisotopic (exact) mass is 363 g/mol. The van der Waals surface area contributed by atoms with Crippen molar-refractivity contribution in [2.75, 3.05) is 4.90 Å². The molecule has 0 amide bonds. The van der Waals surface area contributed by atoms with Gasteiger partial charge in [-0.1, -0.05) is 68.5 Å². The molecule has 0 saturated carbocycles. The molecular formula is C24H29NS. The summed E-state index contributed by atoms with van der Waals surface area (Å²) in [4.78, 5) is 2.23. The van der Waals surface area contributed by atoms with Gasteiger partial charge in [-0.25, -0.2) is 0 Å². The van der Waals surface area contributed by atoms with Gasteiger partial charge >= 0.3 is 0 Å². The minimum absolute atomic E-state index is 0.00524. The fourth-order valence-corrected chi connectivity index (χ4v) is 2.97. The largest absolute Gasteiger partial charge is 0.317 e. The van der Waals surface area contributed by atoms with Crippen LogP contribution >= 0.6 is 12.6 Å². The number of aryl methyl sites for hydroxylation is 1. The summed E-state index contributed by atoms with van der Waals surface area (Å²) < 4.78 is -0.00524. The van der Waals surface area contributed by atoms with Gasteiger partial charge in [0.1, 0.15) is 0 Å². The number of nitrogens with zero attached hydrogens (tertiary/aromatic N) is 1. The molecule has 2 rings (SSSR count). The number of benzene rings is 2. The maximum Gasteiger partial charge on any atom is 0.0484 e. The van der Waals surface area contributed by atoms with Crippen LogP contribution in [0, 0.1) is 6.92 Å². The van der Waals surface area contributed by atoms with Crippen LogP contribution in [0.1, 0.15) is 31.9 Å². The molecule has 0 bridgehead atoms. The van der Waals surface area contributed by atoms with Crippen molar-refractivity contribution < 1.29 is 0 Å². The van der Waals surface area contributed by atoms with Gasteiger partial charge in [-0.05, 0) is 55.7 Å². The zero-order valence-electron chi connectivity index (χ0n) is 16.2. The van der Waals surface area contributed by atoms with Gasteiger partial charge in [0.2, 0.25) is 0 Å². The van der Waals surface area contributed by atoms with Gasteiger partial charge in [0.05, 0.1) is 0 Å². The summed E-state index contributed by atoms with van der Waals surface area (Å²) in [6.07, 6.45) is 13.2. The highest BCUT2D eigenvalue weighted by molar-refractivity contribution is 7.81. The molecule has 2 aromatic carbocycles. The van der Waals surface area contributed by atoms with Crippen molar-refractivity contribution in [3.8, 4) is 0 Å². The zero-order chi connectivity index (χ0) is 19.0. The van der Waals surface area contributed by atoms with Crippen LogP contribution in [0.2, 0.25) is 0 Å². The molecule has 136 valence electrons. The molecule has 0 atom stereocenters. The third-order valence-electron chi connectivity index (χ3n) is 3.99. The maximum absolute atomic E-state index is 4.64. The Morgan fingerprint density at radius 1 is 0.923 bits per heavy atom. The van der Waals surface area contributed by atoms with Crippen molar-refractivity contribution in [1.29, 1.82) is 0 Å². The predicted octanol–water partition coefficient (Wildman–Crippen LogP) is 7.03. The molecule has 0 N–H and O–H groups in total. The summed E-state index contributed by atoms with van der Waals surface area (Å²) in [7, 11) is 0. The van der Waals surface area contributed by atoms with Crippen LogP contribution in [0.15, 0.2) is 85.1 Å². The molecule has 1 nitrogen and oxygen atoms in total. The van der Waals surface area contributed by atoms with E-state index in [4.69, 9.17) is 0 Å². The molecular weight excluding hydrogens is 334 g/mol. The van der Waals surface area contributed by atoms with E-state index < -0.39 is 0 Å². The fourth-order valence-electron chi connectivity index (χ4n) is 2.79. The van der Waals surface area contributed by atoms with E-state index in [0.29, 0.717) is 0 Å². The number of hydrogen-bond acceptors (Lipinski definition) is 2. The number of hydrogen-bond donors (Lipinski definition) is 1. The molecule has 2 heteroatoms. The van der Waals surface area contributed by atoms with E-state index in [9.17, 15) is 0 Å². The van der Waals surface area contributed by atoms with Gasteiger partial charge in [-0.2, -0.15) is 12.6 Å². The lowest BCUT2D eigenvalue weighted by molar-refractivity contribution is 0.715. The minimum atomic E-state index is -0.00524. The fraction of sp³-hybridized carbons (Fsp3) is 0.250. The summed E-state index contributed by atoms with van der Waals surface area (Å²) in [5.74, 6) is 0. The van der Waals surface area contributed by atoms with Crippen molar-refractivity contribution in [2.24, 2.45) is 0 Å². The van der Waals surface area contributed by atoms with Gasteiger partial charge < -0.3 is 4.90 Å². The first kappa shape index (κ1) is 20.1. The predicted molar refractivity (Wildman–Crippen MR) is 120 cm³/mol. The lowest BCUT2D eigenvalue weighted by Crippen LogP contribution is -2.14. The van der Waals surface area contributed by atoms with Crippen molar-refractivity contribution in [3.05, 3.63) is 96.2 Å². The number of thiol groups is 1. The molecule has 0 aliphatic carbocycles. The molecule has 0 radical (unpaired) electrons. The van der Waals surface area contributed by atoms with E-state index in [1.165, 1.54) is 16.8 Å². The maximum atomic E-state index is 4.64. The summed E-state index contributed by atoms with van der Waals surface area (Å²) in [6.45, 7) is 8.44. The number of anilines is 2. The molecule has 0 aromatic heterocycles. The van der Waals surface area contributed by atoms with E-state index in [-0.39, 0.29) is 4.75 Å². The molecule has 0 heterocycles. The number of para-hydroxylation sites is 1. The van der Waals surface area contributed by atoms with Crippen LogP contribution in [0.4, 0.5) is 11.4 Å². The van der Waals surface area contributed by atoms with Crippen LogP contribution in [0.25, 0.3) is 0 Å². The normalized spacial score (nSPS) is 12.5. The topological polar surface area (TPSA) is 3.24 Å². The average Bonchev–Trinajstić information content (AvgIpc) is 2.59. The second-order valence-electron chi connectivity index (χ2n) is 7.06. The molecule has 0 saturated heterocycles. The quantitative estimate of drug-likeness (QED) is 0.408. The van der Waals surface area contributed by atoms with Crippen LogP contribution in [0.3, 0.4) is 0 Å². The Labute approximate surface area is 164 Å². The Balaban J connectivity index is 2.33. The van der Waals surface area contributed by atoms with Crippen LogP contribution in [0.5, 0.6) is 0 Å². The van der Waals surface area contributed by atoms with Crippen LogP contribution in [-0.4, -0.2) is 4.75 Å². The molecule has 0 aliphatic rings. The van der Waals surface area contributed by atoms with Gasteiger partial charge in [0, 0.05) is 22.3 Å². The summed E-state index contributed by atoms with van der Waals surface area (Å²) >= 11 is 4.64. The number of allylic oxidation sites excluding steroid dienone is 5.